The average molecular weight is 345 g/mol. The Kier molecular flexibility index (Phi) is 6.55. The first-order valence-corrected chi connectivity index (χ1v) is 9.91. The molecule has 0 saturated heterocycles. The average Bonchev–Trinajstić information content (AvgIpc) is 2.57. The van der Waals surface area contributed by atoms with Crippen molar-refractivity contribution in [3.8, 4) is 0 Å². The quantitative estimate of drug-likeness (QED) is 0.800. The second-order valence-electron chi connectivity index (χ2n) is 5.74. The van der Waals surface area contributed by atoms with Gasteiger partial charge in [0.1, 0.15) is 0 Å². The molecule has 5 heteroatoms. The Hall–Kier alpha value is -2.14. The van der Waals surface area contributed by atoms with E-state index in [0.29, 0.717) is 6.42 Å². The molecule has 0 unspecified atom stereocenters. The first-order chi connectivity index (χ1) is 11.5. The van der Waals surface area contributed by atoms with Gasteiger partial charge in [-0.25, -0.2) is 8.42 Å². The van der Waals surface area contributed by atoms with Gasteiger partial charge in [0.25, 0.3) is 0 Å². The summed E-state index contributed by atoms with van der Waals surface area (Å²) in [6.45, 7) is 2.08. The molecule has 1 amide bonds. The summed E-state index contributed by atoms with van der Waals surface area (Å²) in [6.07, 6.45) is 0.673. The van der Waals surface area contributed by atoms with E-state index in [4.69, 9.17) is 0 Å². The number of amides is 1. The van der Waals surface area contributed by atoms with Crippen LogP contribution in [0, 0.1) is 0 Å². The molecule has 0 spiro atoms. The van der Waals surface area contributed by atoms with E-state index >= 15 is 0 Å². The van der Waals surface area contributed by atoms with Gasteiger partial charge in [0, 0.05) is 6.54 Å². The standard InChI is InChI=1S/C19H23NO3S/c1-2-18(17-11-7-4-8-12-17)19(21)20-13-14-24(22,23)15-16-9-5-3-6-10-16/h3-12,18H,2,13-15H2,1H3,(H,20,21)/t18-/m0/s1. The van der Waals surface area contributed by atoms with Crippen LogP contribution in [-0.4, -0.2) is 26.6 Å². The molecule has 1 N–H and O–H groups in total. The Balaban J connectivity index is 1.87. The highest BCUT2D eigenvalue weighted by molar-refractivity contribution is 7.90. The van der Waals surface area contributed by atoms with Gasteiger partial charge in [-0.15, -0.1) is 0 Å². The first kappa shape index (κ1) is 18.2. The van der Waals surface area contributed by atoms with Crippen LogP contribution in [0.4, 0.5) is 0 Å². The normalized spacial score (nSPS) is 12.5. The summed E-state index contributed by atoms with van der Waals surface area (Å²) in [5.74, 6) is -0.431. The number of rotatable bonds is 8. The second-order valence-corrected chi connectivity index (χ2v) is 7.92. The Labute approximate surface area is 143 Å². The first-order valence-electron chi connectivity index (χ1n) is 8.09. The monoisotopic (exact) mass is 345 g/mol. The van der Waals surface area contributed by atoms with Gasteiger partial charge in [-0.2, -0.15) is 0 Å². The van der Waals surface area contributed by atoms with Crippen molar-refractivity contribution in [1.29, 1.82) is 0 Å². The molecule has 0 bridgehead atoms. The molecule has 2 rings (SSSR count). The molecule has 0 radical (unpaired) electrons. The van der Waals surface area contributed by atoms with Crippen molar-refractivity contribution in [3.63, 3.8) is 0 Å². The van der Waals surface area contributed by atoms with Gasteiger partial charge in [0.2, 0.25) is 5.91 Å². The van der Waals surface area contributed by atoms with Crippen LogP contribution in [0.25, 0.3) is 0 Å². The Morgan fingerprint density at radius 1 is 1.00 bits per heavy atom. The zero-order valence-corrected chi connectivity index (χ0v) is 14.6. The minimum Gasteiger partial charge on any atom is -0.355 e. The molecule has 0 heterocycles. The van der Waals surface area contributed by atoms with Gasteiger partial charge >= 0.3 is 0 Å². The topological polar surface area (TPSA) is 63.2 Å². The van der Waals surface area contributed by atoms with Crippen LogP contribution in [-0.2, 0) is 20.4 Å². The molecule has 24 heavy (non-hydrogen) atoms. The highest BCUT2D eigenvalue weighted by atomic mass is 32.2. The van der Waals surface area contributed by atoms with Crippen molar-refractivity contribution in [1.82, 2.24) is 5.32 Å². The van der Waals surface area contributed by atoms with E-state index in [0.717, 1.165) is 11.1 Å². The molecule has 1 atom stereocenters. The second kappa shape index (κ2) is 8.64. The van der Waals surface area contributed by atoms with Crippen LogP contribution in [0.2, 0.25) is 0 Å². The van der Waals surface area contributed by atoms with Gasteiger partial charge in [-0.05, 0) is 17.5 Å². The van der Waals surface area contributed by atoms with Crippen LogP contribution in [0.5, 0.6) is 0 Å². The van der Waals surface area contributed by atoms with E-state index in [2.05, 4.69) is 5.32 Å². The number of benzene rings is 2. The van der Waals surface area contributed by atoms with Gasteiger partial charge in [0.15, 0.2) is 9.84 Å². The summed E-state index contributed by atoms with van der Waals surface area (Å²) >= 11 is 0. The molecule has 128 valence electrons. The third-order valence-electron chi connectivity index (χ3n) is 3.87. The maximum absolute atomic E-state index is 12.3. The molecule has 2 aromatic rings. The van der Waals surface area contributed by atoms with E-state index in [1.54, 1.807) is 12.1 Å². The number of carbonyl (C=O) groups excluding carboxylic acids is 1. The fourth-order valence-electron chi connectivity index (χ4n) is 2.61. The summed E-state index contributed by atoms with van der Waals surface area (Å²) in [5.41, 5.74) is 1.71. The van der Waals surface area contributed by atoms with Crippen LogP contribution in [0.15, 0.2) is 60.7 Å². The SMILES string of the molecule is CC[C@H](C(=O)NCCS(=O)(=O)Cc1ccccc1)c1ccccc1. The van der Waals surface area contributed by atoms with Crippen LogP contribution < -0.4 is 5.32 Å². The van der Waals surface area contributed by atoms with Crippen LogP contribution in [0.1, 0.15) is 30.4 Å². The number of carbonyl (C=O) groups is 1. The van der Waals surface area contributed by atoms with Gasteiger partial charge < -0.3 is 5.32 Å². The molecule has 2 aromatic carbocycles. The van der Waals surface area contributed by atoms with E-state index in [1.807, 2.05) is 55.5 Å². The van der Waals surface area contributed by atoms with E-state index in [-0.39, 0.29) is 29.9 Å². The fourth-order valence-corrected chi connectivity index (χ4v) is 3.87. The maximum Gasteiger partial charge on any atom is 0.227 e. The van der Waals surface area contributed by atoms with E-state index < -0.39 is 9.84 Å². The molecule has 0 saturated carbocycles. The van der Waals surface area contributed by atoms with Crippen LogP contribution in [0.3, 0.4) is 0 Å². The molecular formula is C19H23NO3S. The Morgan fingerprint density at radius 2 is 1.58 bits per heavy atom. The maximum atomic E-state index is 12.3. The molecule has 0 aliphatic carbocycles. The van der Waals surface area contributed by atoms with Gasteiger partial charge in [-0.1, -0.05) is 67.6 Å². The van der Waals surface area contributed by atoms with Crippen molar-refractivity contribution in [2.75, 3.05) is 12.3 Å². The lowest BCUT2D eigenvalue weighted by molar-refractivity contribution is -0.122. The summed E-state index contributed by atoms with van der Waals surface area (Å²) in [4.78, 5) is 12.3. The summed E-state index contributed by atoms with van der Waals surface area (Å²) < 4.78 is 24.3. The molecular weight excluding hydrogens is 322 g/mol. The lowest BCUT2D eigenvalue weighted by Crippen LogP contribution is -2.33. The predicted molar refractivity (Wildman–Crippen MR) is 96.4 cm³/mol. The summed E-state index contributed by atoms with van der Waals surface area (Å²) in [7, 11) is -3.24. The highest BCUT2D eigenvalue weighted by Gasteiger charge is 2.19. The number of nitrogens with one attached hydrogen (secondary N) is 1. The van der Waals surface area contributed by atoms with Crippen molar-refractivity contribution in [3.05, 3.63) is 71.8 Å². The highest BCUT2D eigenvalue weighted by Crippen LogP contribution is 2.19. The van der Waals surface area contributed by atoms with Crippen LogP contribution >= 0.6 is 0 Å². The summed E-state index contributed by atoms with van der Waals surface area (Å²) in [6, 6.07) is 18.6. The molecule has 0 aliphatic heterocycles. The third kappa shape index (κ3) is 5.49. The van der Waals surface area contributed by atoms with Gasteiger partial charge in [0.05, 0.1) is 17.4 Å². The predicted octanol–water partition coefficient (Wildman–Crippen LogP) is 2.91. The zero-order chi connectivity index (χ0) is 17.4. The van der Waals surface area contributed by atoms with Crippen molar-refractivity contribution in [2.24, 2.45) is 0 Å². The largest absolute Gasteiger partial charge is 0.355 e. The van der Waals surface area contributed by atoms with Crippen molar-refractivity contribution in [2.45, 2.75) is 25.0 Å². The summed E-state index contributed by atoms with van der Waals surface area (Å²) in [5, 5.41) is 2.76. The minimum absolute atomic E-state index is 0.000395. The Morgan fingerprint density at radius 3 is 2.17 bits per heavy atom. The lowest BCUT2D eigenvalue weighted by atomic mass is 9.96. The van der Waals surface area contributed by atoms with E-state index in [1.165, 1.54) is 0 Å². The molecule has 4 nitrogen and oxygen atoms in total. The molecule has 0 aliphatic rings. The number of hydrogen-bond acceptors (Lipinski definition) is 3. The fraction of sp³-hybridized carbons (Fsp3) is 0.316. The zero-order valence-electron chi connectivity index (χ0n) is 13.8. The van der Waals surface area contributed by atoms with E-state index in [9.17, 15) is 13.2 Å². The molecule has 0 fully saturated rings. The molecule has 0 aromatic heterocycles. The smallest absolute Gasteiger partial charge is 0.227 e. The number of hydrogen-bond donors (Lipinski definition) is 1. The van der Waals surface area contributed by atoms with Crippen molar-refractivity contribution >= 4 is 15.7 Å². The lowest BCUT2D eigenvalue weighted by Gasteiger charge is -2.15. The minimum atomic E-state index is -3.24. The third-order valence-corrected chi connectivity index (χ3v) is 5.47. The Bertz CT molecular complexity index is 743. The van der Waals surface area contributed by atoms with Gasteiger partial charge in [-0.3, -0.25) is 4.79 Å². The van der Waals surface area contributed by atoms with Crippen molar-refractivity contribution < 1.29 is 13.2 Å². The number of sulfone groups is 1.